The van der Waals surface area contributed by atoms with Gasteiger partial charge in [0.1, 0.15) is 0 Å². The number of methoxy groups -OCH3 is 1. The molecule has 1 aliphatic carbocycles. The minimum atomic E-state index is -0.408. The number of ether oxygens (including phenoxy) is 1. The molecule has 2 aromatic rings. The highest BCUT2D eigenvalue weighted by Crippen LogP contribution is 2.49. The van der Waals surface area contributed by atoms with E-state index in [-0.39, 0.29) is 11.8 Å². The molecule has 0 saturated heterocycles. The summed E-state index contributed by atoms with van der Waals surface area (Å²) in [5.41, 5.74) is 1.06. The van der Waals surface area contributed by atoms with Crippen LogP contribution in [0.25, 0.3) is 0 Å². The van der Waals surface area contributed by atoms with Crippen molar-refractivity contribution >= 4 is 28.9 Å². The van der Waals surface area contributed by atoms with Crippen LogP contribution in [0.5, 0.6) is 0 Å². The Morgan fingerprint density at radius 1 is 1.29 bits per heavy atom. The lowest BCUT2D eigenvalue weighted by Gasteiger charge is -2.06. The summed E-state index contributed by atoms with van der Waals surface area (Å²) in [7, 11) is 1.34. The quantitative estimate of drug-likeness (QED) is 0.882. The highest BCUT2D eigenvalue weighted by atomic mass is 32.1. The van der Waals surface area contributed by atoms with Gasteiger partial charge in [-0.2, -0.15) is 0 Å². The molecule has 3 rings (SSSR count). The lowest BCUT2D eigenvalue weighted by molar-refractivity contribution is -0.117. The number of anilines is 1. The van der Waals surface area contributed by atoms with Crippen LogP contribution in [-0.2, 0) is 9.53 Å². The molecule has 1 aliphatic rings. The molecule has 1 saturated carbocycles. The fraction of sp³-hybridized carbons (Fsp3) is 0.250. The molecule has 1 N–H and O–H groups in total. The van der Waals surface area contributed by atoms with Crippen molar-refractivity contribution in [3.8, 4) is 0 Å². The summed E-state index contributed by atoms with van der Waals surface area (Å²) >= 11 is 1.69. The molecular weight excluding hydrogens is 286 g/mol. The van der Waals surface area contributed by atoms with Crippen LogP contribution in [0, 0.1) is 5.92 Å². The normalized spacial score (nSPS) is 19.9. The lowest BCUT2D eigenvalue weighted by Crippen LogP contribution is -2.15. The Morgan fingerprint density at radius 3 is 2.86 bits per heavy atom. The number of nitrogens with one attached hydrogen (secondary N) is 1. The first-order valence-electron chi connectivity index (χ1n) is 6.71. The summed E-state index contributed by atoms with van der Waals surface area (Å²) in [5, 5.41) is 4.90. The van der Waals surface area contributed by atoms with E-state index < -0.39 is 5.97 Å². The maximum atomic E-state index is 12.2. The van der Waals surface area contributed by atoms with E-state index >= 15 is 0 Å². The zero-order valence-electron chi connectivity index (χ0n) is 11.5. The van der Waals surface area contributed by atoms with Crippen LogP contribution in [0.2, 0.25) is 0 Å². The van der Waals surface area contributed by atoms with Gasteiger partial charge in [0.15, 0.2) is 0 Å². The van der Waals surface area contributed by atoms with Crippen LogP contribution in [-0.4, -0.2) is 19.0 Å². The van der Waals surface area contributed by atoms with E-state index in [2.05, 4.69) is 16.1 Å². The zero-order valence-corrected chi connectivity index (χ0v) is 12.4. The van der Waals surface area contributed by atoms with Crippen molar-refractivity contribution in [3.63, 3.8) is 0 Å². The van der Waals surface area contributed by atoms with Crippen molar-refractivity contribution in [2.45, 2.75) is 12.3 Å². The predicted octanol–water partition coefficient (Wildman–Crippen LogP) is 3.28. The number of thiophene rings is 1. The molecule has 2 atom stereocenters. The van der Waals surface area contributed by atoms with Crippen LogP contribution in [0.15, 0.2) is 41.8 Å². The number of benzene rings is 1. The van der Waals surface area contributed by atoms with E-state index in [1.165, 1.54) is 12.0 Å². The van der Waals surface area contributed by atoms with Gasteiger partial charge in [-0.3, -0.25) is 4.79 Å². The average Bonchev–Trinajstić information content (AvgIpc) is 3.13. The largest absolute Gasteiger partial charge is 0.465 e. The number of hydrogen-bond donors (Lipinski definition) is 1. The monoisotopic (exact) mass is 301 g/mol. The van der Waals surface area contributed by atoms with Crippen LogP contribution < -0.4 is 5.32 Å². The van der Waals surface area contributed by atoms with E-state index in [1.54, 1.807) is 35.6 Å². The first kappa shape index (κ1) is 13.8. The van der Waals surface area contributed by atoms with Crippen LogP contribution in [0.3, 0.4) is 0 Å². The first-order chi connectivity index (χ1) is 10.2. The average molecular weight is 301 g/mol. The highest BCUT2D eigenvalue weighted by Gasteiger charge is 2.44. The van der Waals surface area contributed by atoms with Crippen molar-refractivity contribution in [1.82, 2.24) is 0 Å². The van der Waals surface area contributed by atoms with Gasteiger partial charge in [-0.05, 0) is 36.1 Å². The van der Waals surface area contributed by atoms with Gasteiger partial charge < -0.3 is 10.1 Å². The smallest absolute Gasteiger partial charge is 0.337 e. The highest BCUT2D eigenvalue weighted by molar-refractivity contribution is 7.10. The zero-order chi connectivity index (χ0) is 14.8. The molecule has 1 aromatic carbocycles. The van der Waals surface area contributed by atoms with E-state index in [0.717, 1.165) is 6.42 Å². The minimum absolute atomic E-state index is 0.00964. The summed E-state index contributed by atoms with van der Waals surface area (Å²) in [6, 6.07) is 10.9. The second kappa shape index (κ2) is 5.69. The maximum Gasteiger partial charge on any atom is 0.337 e. The third-order valence-electron chi connectivity index (χ3n) is 3.59. The Morgan fingerprint density at radius 2 is 2.14 bits per heavy atom. The first-order valence-corrected chi connectivity index (χ1v) is 7.59. The SMILES string of the molecule is COC(=O)c1cccc(NC(=O)C2CC2c2cccs2)c1. The topological polar surface area (TPSA) is 55.4 Å². The van der Waals surface area contributed by atoms with Crippen molar-refractivity contribution < 1.29 is 14.3 Å². The summed E-state index contributed by atoms with van der Waals surface area (Å²) in [4.78, 5) is 24.9. The van der Waals surface area contributed by atoms with Gasteiger partial charge in [0, 0.05) is 22.4 Å². The van der Waals surface area contributed by atoms with Crippen molar-refractivity contribution in [1.29, 1.82) is 0 Å². The van der Waals surface area contributed by atoms with Gasteiger partial charge in [-0.15, -0.1) is 11.3 Å². The Labute approximate surface area is 126 Å². The lowest BCUT2D eigenvalue weighted by atomic mass is 10.2. The molecule has 0 radical (unpaired) electrons. The minimum Gasteiger partial charge on any atom is -0.465 e. The second-order valence-electron chi connectivity index (χ2n) is 5.03. The fourth-order valence-electron chi connectivity index (χ4n) is 2.38. The molecule has 0 spiro atoms. The Hall–Kier alpha value is -2.14. The molecule has 0 aliphatic heterocycles. The van der Waals surface area contributed by atoms with Gasteiger partial charge in [0.05, 0.1) is 12.7 Å². The van der Waals surface area contributed by atoms with Crippen molar-refractivity contribution in [2.24, 2.45) is 5.92 Å². The number of amides is 1. The molecule has 0 bridgehead atoms. The van der Waals surface area contributed by atoms with Crippen LogP contribution in [0.4, 0.5) is 5.69 Å². The van der Waals surface area contributed by atoms with E-state index in [9.17, 15) is 9.59 Å². The molecule has 21 heavy (non-hydrogen) atoms. The van der Waals surface area contributed by atoms with Gasteiger partial charge in [-0.25, -0.2) is 4.79 Å². The number of esters is 1. The molecule has 1 fully saturated rings. The van der Waals surface area contributed by atoms with E-state index in [0.29, 0.717) is 17.2 Å². The Bertz CT molecular complexity index is 666. The van der Waals surface area contributed by atoms with Gasteiger partial charge >= 0.3 is 5.97 Å². The molecule has 1 heterocycles. The second-order valence-corrected chi connectivity index (χ2v) is 6.01. The predicted molar refractivity (Wildman–Crippen MR) is 81.6 cm³/mol. The number of carbonyl (C=O) groups is 2. The molecule has 1 amide bonds. The molecular formula is C16H15NO3S. The number of rotatable bonds is 4. The van der Waals surface area contributed by atoms with E-state index in [1.807, 2.05) is 11.4 Å². The standard InChI is InChI=1S/C16H15NO3S/c1-20-16(19)10-4-2-5-11(8-10)17-15(18)13-9-12(13)14-6-3-7-21-14/h2-8,12-13H,9H2,1H3,(H,17,18). The third kappa shape index (κ3) is 2.97. The molecule has 5 heteroatoms. The van der Waals surface area contributed by atoms with Gasteiger partial charge in [0.25, 0.3) is 0 Å². The summed E-state index contributed by atoms with van der Waals surface area (Å²) in [5.74, 6) is -0.0244. The molecule has 108 valence electrons. The molecule has 4 nitrogen and oxygen atoms in total. The third-order valence-corrected chi connectivity index (χ3v) is 4.59. The van der Waals surface area contributed by atoms with Crippen molar-refractivity contribution in [2.75, 3.05) is 12.4 Å². The molecule has 2 unspecified atom stereocenters. The number of hydrogen-bond acceptors (Lipinski definition) is 4. The summed E-state index contributed by atoms with van der Waals surface area (Å²) in [6.45, 7) is 0. The van der Waals surface area contributed by atoms with Crippen LogP contribution >= 0.6 is 11.3 Å². The van der Waals surface area contributed by atoms with E-state index in [4.69, 9.17) is 0 Å². The van der Waals surface area contributed by atoms with Crippen molar-refractivity contribution in [3.05, 3.63) is 52.2 Å². The maximum absolute atomic E-state index is 12.2. The van der Waals surface area contributed by atoms with Gasteiger partial charge in [0.2, 0.25) is 5.91 Å². The summed E-state index contributed by atoms with van der Waals surface area (Å²) < 4.78 is 4.67. The summed E-state index contributed by atoms with van der Waals surface area (Å²) in [6.07, 6.45) is 0.892. The fourth-order valence-corrected chi connectivity index (χ4v) is 3.28. The Kier molecular flexibility index (Phi) is 3.75. The molecule has 1 aromatic heterocycles. The van der Waals surface area contributed by atoms with Gasteiger partial charge in [-0.1, -0.05) is 12.1 Å². The Balaban J connectivity index is 1.65. The number of carbonyl (C=O) groups excluding carboxylic acids is 2. The van der Waals surface area contributed by atoms with Crippen LogP contribution in [0.1, 0.15) is 27.6 Å².